The SMILES string of the molecule is COc1ccc(C(Cl)(c2ccccc2)c2ccc(OC)cc2)cc1.C[C@@H]1C[C@@H](C)[C@H]2O[C@@H](n3cnc4c(=O)[nH]c(N=CN(C)C)nc43)C[C@H]21.C[C@@H]1C[C@@H](O)[C@H]2O[C@@H](n3cnc4c(=O)[nH]c(N=CN(C)C)nc43)C[C@H]21. The highest BCUT2D eigenvalue weighted by Gasteiger charge is 2.49. The second-order valence-electron chi connectivity index (χ2n) is 20.2. The van der Waals surface area contributed by atoms with Crippen LogP contribution in [0, 0.1) is 29.6 Å². The first kappa shape index (κ1) is 52.0. The highest BCUT2D eigenvalue weighted by molar-refractivity contribution is 6.28. The number of rotatable bonds is 11. The number of methoxy groups -OCH3 is 2. The van der Waals surface area contributed by atoms with Crippen LogP contribution in [-0.4, -0.2) is 127 Å². The summed E-state index contributed by atoms with van der Waals surface area (Å²) in [5, 5.41) is 10.2. The van der Waals surface area contributed by atoms with Crippen LogP contribution < -0.4 is 20.6 Å². The number of aliphatic imine (C=N–C) groups is 2. The van der Waals surface area contributed by atoms with Crippen LogP contribution in [0.1, 0.15) is 75.6 Å². The minimum absolute atomic E-state index is 0.120. The number of benzene rings is 3. The van der Waals surface area contributed by atoms with Crippen molar-refractivity contribution >= 4 is 58.5 Å². The van der Waals surface area contributed by atoms with E-state index in [4.69, 9.17) is 30.5 Å². The van der Waals surface area contributed by atoms with Crippen molar-refractivity contribution in [3.05, 3.63) is 129 Å². The highest BCUT2D eigenvalue weighted by Crippen LogP contribution is 2.50. The normalized spacial score (nSPS) is 25.2. The fourth-order valence-corrected chi connectivity index (χ4v) is 11.3. The molecule has 74 heavy (non-hydrogen) atoms. The largest absolute Gasteiger partial charge is 0.497 e. The number of aliphatic hydroxyl groups excluding tert-OH is 1. The third kappa shape index (κ3) is 10.6. The van der Waals surface area contributed by atoms with E-state index in [0.29, 0.717) is 46.4 Å². The van der Waals surface area contributed by atoms with E-state index >= 15 is 0 Å². The molecule has 11 rings (SSSR count). The fraction of sp³-hybridized carbons (Fsp3) is 0.444. The van der Waals surface area contributed by atoms with Crippen LogP contribution in [-0.2, 0) is 14.3 Å². The van der Waals surface area contributed by atoms with Crippen molar-refractivity contribution < 1.29 is 24.1 Å². The predicted octanol–water partition coefficient (Wildman–Crippen LogP) is 7.80. The molecule has 0 amide bonds. The van der Waals surface area contributed by atoms with Crippen LogP contribution in [0.5, 0.6) is 11.5 Å². The van der Waals surface area contributed by atoms with E-state index in [1.54, 1.807) is 53.9 Å². The van der Waals surface area contributed by atoms with Crippen molar-refractivity contribution in [1.29, 1.82) is 0 Å². The number of aromatic amines is 2. The van der Waals surface area contributed by atoms with Crippen LogP contribution in [0.3, 0.4) is 0 Å². The number of hydrogen-bond acceptors (Lipinski definition) is 13. The monoisotopic (exact) mass is 1030 g/mol. The Labute approximate surface area is 434 Å². The number of nitrogens with one attached hydrogen (secondary N) is 2. The molecule has 4 aliphatic rings. The molecule has 2 aliphatic heterocycles. The molecule has 2 saturated carbocycles. The number of halogens is 1. The molecule has 7 aromatic rings. The van der Waals surface area contributed by atoms with E-state index in [1.165, 1.54) is 6.42 Å². The maximum Gasteiger partial charge on any atom is 0.280 e. The molecular formula is C54H65ClN12O7. The lowest BCUT2D eigenvalue weighted by molar-refractivity contribution is -0.0525. The molecule has 10 atom stereocenters. The first-order chi connectivity index (χ1) is 35.6. The molecule has 4 aromatic heterocycles. The summed E-state index contributed by atoms with van der Waals surface area (Å²) < 4.78 is 26.6. The van der Waals surface area contributed by atoms with Gasteiger partial charge >= 0.3 is 0 Å². The Morgan fingerprint density at radius 3 is 1.51 bits per heavy atom. The zero-order chi connectivity index (χ0) is 52.4. The number of aromatic nitrogens is 8. The van der Waals surface area contributed by atoms with E-state index in [9.17, 15) is 14.7 Å². The van der Waals surface area contributed by atoms with Gasteiger partial charge in [-0.3, -0.25) is 28.7 Å². The molecular weight excluding hydrogens is 964 g/mol. The topological polar surface area (TPSA) is 215 Å². The minimum atomic E-state index is -0.778. The van der Waals surface area contributed by atoms with Gasteiger partial charge in [-0.15, -0.1) is 11.6 Å². The standard InChI is InChI=1S/C21H19ClO2.C17H24N6O2.C16H22N6O3/c1-23-19-12-8-17(9-13-19)21(22,16-6-4-3-5-7-16)18-10-14-20(24-2)15-11-18;1-9-5-10(2)14-11(9)6-12(25-14)23-8-18-13-15(23)20-17(21-16(13)24)19-7-22(3)4;1-8-4-10(23)13-9(8)5-11(25-13)22-7-17-12-14(22)19-16(20-15(12)24)18-6-21(2)3/h3-15H,1-2H3;7-12,14H,5-6H2,1-4H3,(H,20,21,24);6-11,13,23H,4-5H2,1-3H3,(H,19,20,24)/t;9-,10-,11+,12-,14-;8-,9+,10-,11-,13+/m.11/s1. The van der Waals surface area contributed by atoms with Gasteiger partial charge in [0.1, 0.15) is 28.8 Å². The Kier molecular flexibility index (Phi) is 15.4. The zero-order valence-corrected chi connectivity index (χ0v) is 43.9. The average molecular weight is 1030 g/mol. The molecule has 6 heterocycles. The van der Waals surface area contributed by atoms with Crippen molar-refractivity contribution in [2.45, 2.75) is 82.1 Å². The highest BCUT2D eigenvalue weighted by atomic mass is 35.5. The number of aliphatic hydroxyl groups is 1. The van der Waals surface area contributed by atoms with Crippen molar-refractivity contribution in [2.75, 3.05) is 42.4 Å². The van der Waals surface area contributed by atoms with Gasteiger partial charge in [-0.05, 0) is 96.2 Å². The number of nitrogens with zero attached hydrogens (tertiary/aromatic N) is 10. The number of hydrogen-bond donors (Lipinski definition) is 3. The lowest BCUT2D eigenvalue weighted by Crippen LogP contribution is -2.23. The average Bonchev–Trinajstić information content (AvgIpc) is 4.28. The van der Waals surface area contributed by atoms with E-state index < -0.39 is 11.0 Å². The Morgan fingerprint density at radius 2 is 1.08 bits per heavy atom. The maximum atomic E-state index is 12.3. The van der Waals surface area contributed by atoms with E-state index in [2.05, 4.69) is 60.7 Å². The quantitative estimate of drug-likeness (QED) is 0.0489. The summed E-state index contributed by atoms with van der Waals surface area (Å²) >= 11 is 7.22. The van der Waals surface area contributed by atoms with Gasteiger partial charge < -0.3 is 33.9 Å². The Bertz CT molecular complexity index is 2990. The van der Waals surface area contributed by atoms with Gasteiger partial charge in [-0.25, -0.2) is 20.0 Å². The molecule has 4 fully saturated rings. The molecule has 2 aliphatic carbocycles. The summed E-state index contributed by atoms with van der Waals surface area (Å²) in [5.74, 6) is 4.62. The first-order valence-corrected chi connectivity index (χ1v) is 25.3. The molecule has 2 saturated heterocycles. The summed E-state index contributed by atoms with van der Waals surface area (Å²) in [7, 11) is 10.7. The van der Waals surface area contributed by atoms with Gasteiger partial charge in [0, 0.05) is 28.2 Å². The predicted molar refractivity (Wildman–Crippen MR) is 285 cm³/mol. The molecule has 0 radical (unpaired) electrons. The van der Waals surface area contributed by atoms with Crippen LogP contribution in [0.15, 0.2) is 111 Å². The number of fused-ring (bicyclic) bond motifs is 4. The van der Waals surface area contributed by atoms with Crippen molar-refractivity contribution in [2.24, 2.45) is 39.6 Å². The second-order valence-corrected chi connectivity index (χ2v) is 20.8. The van der Waals surface area contributed by atoms with Gasteiger partial charge in [0.15, 0.2) is 22.3 Å². The van der Waals surface area contributed by atoms with Gasteiger partial charge in [-0.1, -0.05) is 75.4 Å². The number of alkyl halides is 1. The lowest BCUT2D eigenvalue weighted by atomic mass is 9.84. The van der Waals surface area contributed by atoms with Crippen LogP contribution >= 0.6 is 11.6 Å². The molecule has 3 aromatic carbocycles. The Hall–Kier alpha value is -6.93. The summed E-state index contributed by atoms with van der Waals surface area (Å²) in [5.41, 5.74) is 3.94. The van der Waals surface area contributed by atoms with E-state index in [1.807, 2.05) is 112 Å². The molecule has 20 heteroatoms. The molecule has 0 spiro atoms. The molecule has 390 valence electrons. The molecule has 3 N–H and O–H groups in total. The first-order valence-electron chi connectivity index (χ1n) is 24.9. The van der Waals surface area contributed by atoms with Crippen LogP contribution in [0.2, 0.25) is 0 Å². The van der Waals surface area contributed by atoms with Crippen LogP contribution in [0.4, 0.5) is 11.9 Å². The smallest absolute Gasteiger partial charge is 0.280 e. The number of ether oxygens (including phenoxy) is 4. The van der Waals surface area contributed by atoms with Crippen molar-refractivity contribution in [3.63, 3.8) is 0 Å². The molecule has 0 unspecified atom stereocenters. The zero-order valence-electron chi connectivity index (χ0n) is 43.2. The van der Waals surface area contributed by atoms with Gasteiger partial charge in [-0.2, -0.15) is 9.97 Å². The summed E-state index contributed by atoms with van der Waals surface area (Å²) in [6.45, 7) is 6.70. The molecule has 19 nitrogen and oxygen atoms in total. The molecule has 0 bridgehead atoms. The van der Waals surface area contributed by atoms with Crippen molar-refractivity contribution in [1.82, 2.24) is 48.8 Å². The van der Waals surface area contributed by atoms with Gasteiger partial charge in [0.2, 0.25) is 11.9 Å². The fourth-order valence-electron chi connectivity index (χ4n) is 10.9. The van der Waals surface area contributed by atoms with Crippen LogP contribution in [0.25, 0.3) is 22.3 Å². The lowest BCUT2D eigenvalue weighted by Gasteiger charge is -2.29. The number of imidazole rings is 2. The maximum absolute atomic E-state index is 12.3. The minimum Gasteiger partial charge on any atom is -0.497 e. The Balaban J connectivity index is 0.000000136. The summed E-state index contributed by atoms with van der Waals surface area (Å²) in [4.78, 5) is 58.2. The van der Waals surface area contributed by atoms with Crippen molar-refractivity contribution in [3.8, 4) is 11.5 Å². The third-order valence-corrected chi connectivity index (χ3v) is 15.3. The van der Waals surface area contributed by atoms with Gasteiger partial charge in [0.05, 0.1) is 57.9 Å². The summed E-state index contributed by atoms with van der Waals surface area (Å²) in [6, 6.07) is 25.8. The second kappa shape index (κ2) is 21.9. The Morgan fingerprint density at radius 1 is 0.649 bits per heavy atom. The third-order valence-electron chi connectivity index (χ3n) is 14.6. The summed E-state index contributed by atoms with van der Waals surface area (Å²) in [6.07, 6.45) is 9.40. The number of H-pyrrole nitrogens is 2. The van der Waals surface area contributed by atoms with E-state index in [0.717, 1.165) is 47.5 Å². The van der Waals surface area contributed by atoms with E-state index in [-0.39, 0.29) is 53.2 Å². The van der Waals surface area contributed by atoms with Gasteiger partial charge in [0.25, 0.3) is 11.1 Å².